The summed E-state index contributed by atoms with van der Waals surface area (Å²) in [4.78, 5) is 4.77. The molecule has 0 unspecified atom stereocenters. The summed E-state index contributed by atoms with van der Waals surface area (Å²) in [7, 11) is 0. The molecule has 0 aliphatic rings. The van der Waals surface area contributed by atoms with Gasteiger partial charge in [-0.25, -0.2) is 0 Å². The SMILES string of the molecule is Cc1cc(-c2ccc3c(c2)ncc2ccccc23)cc(C)c1B(c1ccccc1)c1ccccc1. The minimum absolute atomic E-state index is 0.205. The molecule has 0 aliphatic carbocycles. The summed E-state index contributed by atoms with van der Waals surface area (Å²) in [5.41, 5.74) is 10.1. The van der Waals surface area contributed by atoms with Gasteiger partial charge in [-0.3, -0.25) is 4.98 Å². The molecule has 0 saturated carbocycles. The molecule has 2 heteroatoms. The van der Waals surface area contributed by atoms with Crippen molar-refractivity contribution in [2.45, 2.75) is 13.8 Å². The van der Waals surface area contributed by atoms with E-state index in [-0.39, 0.29) is 6.71 Å². The fourth-order valence-electron chi connectivity index (χ4n) is 5.45. The van der Waals surface area contributed by atoms with Gasteiger partial charge in [0.05, 0.1) is 5.52 Å². The van der Waals surface area contributed by atoms with Crippen LogP contribution in [0.1, 0.15) is 11.1 Å². The topological polar surface area (TPSA) is 12.9 Å². The van der Waals surface area contributed by atoms with Crippen LogP contribution in [0.5, 0.6) is 0 Å². The molecular weight excluding hydrogens is 421 g/mol. The van der Waals surface area contributed by atoms with Crippen LogP contribution in [0.15, 0.2) is 121 Å². The molecule has 0 bridgehead atoms. The first-order chi connectivity index (χ1) is 17.2. The molecule has 5 aromatic carbocycles. The third kappa shape index (κ3) is 3.92. The van der Waals surface area contributed by atoms with Gasteiger partial charge in [-0.2, -0.15) is 0 Å². The molecular formula is C33H26BN. The summed E-state index contributed by atoms with van der Waals surface area (Å²) in [6.07, 6.45) is 1.98. The lowest BCUT2D eigenvalue weighted by Crippen LogP contribution is -2.53. The zero-order valence-corrected chi connectivity index (χ0v) is 20.1. The number of fused-ring (bicyclic) bond motifs is 3. The van der Waals surface area contributed by atoms with Crippen LogP contribution in [-0.4, -0.2) is 11.7 Å². The van der Waals surface area contributed by atoms with Gasteiger partial charge in [0.15, 0.2) is 0 Å². The average molecular weight is 447 g/mol. The maximum Gasteiger partial charge on any atom is 0.241 e. The lowest BCUT2D eigenvalue weighted by Gasteiger charge is -2.21. The summed E-state index contributed by atoms with van der Waals surface area (Å²) in [5, 5.41) is 3.63. The lowest BCUT2D eigenvalue weighted by atomic mass is 9.35. The molecule has 35 heavy (non-hydrogen) atoms. The Labute approximate surface area is 207 Å². The summed E-state index contributed by atoms with van der Waals surface area (Å²) in [5.74, 6) is 0. The predicted octanol–water partition coefficient (Wildman–Crippen LogP) is 6.19. The van der Waals surface area contributed by atoms with Crippen LogP contribution in [0.25, 0.3) is 32.8 Å². The first-order valence-electron chi connectivity index (χ1n) is 12.2. The summed E-state index contributed by atoms with van der Waals surface area (Å²) < 4.78 is 0. The first kappa shape index (κ1) is 21.4. The second-order valence-corrected chi connectivity index (χ2v) is 9.36. The van der Waals surface area contributed by atoms with Gasteiger partial charge < -0.3 is 0 Å². The zero-order chi connectivity index (χ0) is 23.8. The van der Waals surface area contributed by atoms with Crippen LogP contribution in [0, 0.1) is 13.8 Å². The van der Waals surface area contributed by atoms with Gasteiger partial charge in [-0.15, -0.1) is 0 Å². The van der Waals surface area contributed by atoms with Crippen molar-refractivity contribution in [1.82, 2.24) is 4.98 Å². The molecule has 0 radical (unpaired) electrons. The van der Waals surface area contributed by atoms with Crippen molar-refractivity contribution in [2.24, 2.45) is 0 Å². The summed E-state index contributed by atoms with van der Waals surface area (Å²) >= 11 is 0. The highest BCUT2D eigenvalue weighted by Crippen LogP contribution is 2.29. The highest BCUT2D eigenvalue weighted by atomic mass is 14.6. The lowest BCUT2D eigenvalue weighted by molar-refractivity contribution is 1.41. The van der Waals surface area contributed by atoms with E-state index in [9.17, 15) is 0 Å². The van der Waals surface area contributed by atoms with Crippen LogP contribution in [0.4, 0.5) is 0 Å². The van der Waals surface area contributed by atoms with Gasteiger partial charge in [0, 0.05) is 17.0 Å². The van der Waals surface area contributed by atoms with E-state index in [4.69, 9.17) is 4.98 Å². The summed E-state index contributed by atoms with van der Waals surface area (Å²) in [6, 6.07) is 41.5. The molecule has 0 atom stereocenters. The number of hydrogen-bond acceptors (Lipinski definition) is 1. The van der Waals surface area contributed by atoms with Gasteiger partial charge in [0.2, 0.25) is 6.71 Å². The smallest absolute Gasteiger partial charge is 0.241 e. The number of benzene rings is 5. The molecule has 0 aliphatic heterocycles. The summed E-state index contributed by atoms with van der Waals surface area (Å²) in [6.45, 7) is 4.70. The minimum Gasteiger partial charge on any atom is -0.256 e. The Bertz CT molecular complexity index is 1590. The fourth-order valence-corrected chi connectivity index (χ4v) is 5.45. The molecule has 0 spiro atoms. The molecule has 0 N–H and O–H groups in total. The van der Waals surface area contributed by atoms with Crippen molar-refractivity contribution in [2.75, 3.05) is 0 Å². The third-order valence-electron chi connectivity index (χ3n) is 7.07. The van der Waals surface area contributed by atoms with E-state index in [0.29, 0.717) is 0 Å². The molecule has 0 saturated heterocycles. The molecule has 1 aromatic heterocycles. The number of aryl methyl sites for hydroxylation is 2. The van der Waals surface area contributed by atoms with E-state index in [1.54, 1.807) is 0 Å². The number of nitrogens with zero attached hydrogens (tertiary/aromatic N) is 1. The second-order valence-electron chi connectivity index (χ2n) is 9.36. The van der Waals surface area contributed by atoms with Crippen LogP contribution < -0.4 is 16.4 Å². The number of hydrogen-bond donors (Lipinski definition) is 0. The van der Waals surface area contributed by atoms with Crippen molar-refractivity contribution in [1.29, 1.82) is 0 Å². The monoisotopic (exact) mass is 447 g/mol. The molecule has 6 aromatic rings. The van der Waals surface area contributed by atoms with Crippen LogP contribution in [0.3, 0.4) is 0 Å². The van der Waals surface area contributed by atoms with Crippen LogP contribution in [0.2, 0.25) is 0 Å². The highest BCUT2D eigenvalue weighted by molar-refractivity contribution is 6.96. The van der Waals surface area contributed by atoms with Gasteiger partial charge in [0.1, 0.15) is 0 Å². The maximum atomic E-state index is 4.77. The van der Waals surface area contributed by atoms with Crippen molar-refractivity contribution in [3.63, 3.8) is 0 Å². The van der Waals surface area contributed by atoms with Crippen molar-refractivity contribution < 1.29 is 0 Å². The fraction of sp³-hybridized carbons (Fsp3) is 0.0606. The zero-order valence-electron chi connectivity index (χ0n) is 20.1. The third-order valence-corrected chi connectivity index (χ3v) is 7.07. The Morgan fingerprint density at radius 3 is 1.80 bits per heavy atom. The number of pyridine rings is 1. The first-order valence-corrected chi connectivity index (χ1v) is 12.2. The van der Waals surface area contributed by atoms with E-state index in [0.717, 1.165) is 5.52 Å². The molecule has 6 rings (SSSR count). The van der Waals surface area contributed by atoms with Gasteiger partial charge in [0.25, 0.3) is 0 Å². The van der Waals surface area contributed by atoms with Crippen molar-refractivity contribution in [3.05, 3.63) is 133 Å². The molecule has 166 valence electrons. The molecule has 1 nitrogen and oxygen atoms in total. The Balaban J connectivity index is 1.48. The molecule has 1 heterocycles. The van der Waals surface area contributed by atoms with Gasteiger partial charge in [-0.1, -0.05) is 137 Å². The van der Waals surface area contributed by atoms with Crippen molar-refractivity contribution >= 4 is 44.8 Å². The van der Waals surface area contributed by atoms with E-state index in [1.807, 2.05) is 6.20 Å². The van der Waals surface area contributed by atoms with E-state index in [2.05, 4.69) is 129 Å². The molecule has 0 fully saturated rings. The standard InChI is InChI=1S/C33H26BN/c1-23-19-27(25-17-18-31-30-16-10-9-11-26(30)22-35-32(31)21-25)20-24(2)33(23)34(28-12-5-3-6-13-28)29-14-7-4-8-15-29/h3-22H,1-2H3. The van der Waals surface area contributed by atoms with Gasteiger partial charge >= 0.3 is 0 Å². The van der Waals surface area contributed by atoms with Crippen LogP contribution in [-0.2, 0) is 0 Å². The largest absolute Gasteiger partial charge is 0.256 e. The Morgan fingerprint density at radius 2 is 1.14 bits per heavy atom. The normalized spacial score (nSPS) is 11.1. The quantitative estimate of drug-likeness (QED) is 0.232. The average Bonchev–Trinajstić information content (AvgIpc) is 2.91. The Hall–Kier alpha value is -4.17. The van der Waals surface area contributed by atoms with Gasteiger partial charge in [-0.05, 0) is 36.4 Å². The Kier molecular flexibility index (Phi) is 5.43. The predicted molar refractivity (Wildman–Crippen MR) is 152 cm³/mol. The highest BCUT2D eigenvalue weighted by Gasteiger charge is 2.25. The van der Waals surface area contributed by atoms with E-state index in [1.165, 1.54) is 54.8 Å². The number of rotatable bonds is 4. The maximum absolute atomic E-state index is 4.77. The van der Waals surface area contributed by atoms with E-state index >= 15 is 0 Å². The minimum atomic E-state index is 0.205. The van der Waals surface area contributed by atoms with E-state index < -0.39 is 0 Å². The number of aromatic nitrogens is 1. The molecule has 0 amide bonds. The Morgan fingerprint density at radius 1 is 0.543 bits per heavy atom. The van der Waals surface area contributed by atoms with Crippen LogP contribution >= 0.6 is 0 Å². The second kappa shape index (κ2) is 8.89. The van der Waals surface area contributed by atoms with Crippen molar-refractivity contribution in [3.8, 4) is 11.1 Å².